The van der Waals surface area contributed by atoms with Crippen LogP contribution in [0.1, 0.15) is 28.8 Å². The topological polar surface area (TPSA) is 66.5 Å². The number of rotatable bonds is 4. The van der Waals surface area contributed by atoms with E-state index < -0.39 is 15.9 Å². The highest BCUT2D eigenvalue weighted by molar-refractivity contribution is 9.10. The molecule has 0 atom stereocenters. The number of carbonyl (C=O) groups excluding carboxylic acids is 1. The maximum atomic E-state index is 12.7. The second-order valence-electron chi connectivity index (χ2n) is 6.17. The summed E-state index contributed by atoms with van der Waals surface area (Å²) in [6.07, 6.45) is 1.72. The smallest absolute Gasteiger partial charge is 0.256 e. The van der Waals surface area contributed by atoms with E-state index in [4.69, 9.17) is 11.6 Å². The van der Waals surface area contributed by atoms with Crippen molar-refractivity contribution >= 4 is 49.1 Å². The molecule has 0 aromatic heterocycles. The first kappa shape index (κ1) is 19.4. The van der Waals surface area contributed by atoms with Crippen molar-refractivity contribution < 1.29 is 13.2 Å². The van der Waals surface area contributed by atoms with Crippen LogP contribution in [0.25, 0.3) is 0 Å². The minimum Gasteiger partial charge on any atom is -0.322 e. The van der Waals surface area contributed by atoms with Gasteiger partial charge in [0.05, 0.1) is 10.5 Å². The van der Waals surface area contributed by atoms with Gasteiger partial charge in [-0.25, -0.2) is 8.42 Å². The van der Waals surface area contributed by atoms with E-state index in [9.17, 15) is 13.2 Å². The van der Waals surface area contributed by atoms with E-state index >= 15 is 0 Å². The second-order valence-corrected chi connectivity index (χ2v) is 9.39. The van der Waals surface area contributed by atoms with Gasteiger partial charge in [-0.1, -0.05) is 17.7 Å². The van der Waals surface area contributed by atoms with Crippen LogP contribution in [0.15, 0.2) is 45.8 Å². The average molecular weight is 458 g/mol. The fraction of sp³-hybridized carbons (Fsp3) is 0.278. The van der Waals surface area contributed by atoms with Gasteiger partial charge >= 0.3 is 0 Å². The van der Waals surface area contributed by atoms with Gasteiger partial charge < -0.3 is 5.32 Å². The van der Waals surface area contributed by atoms with Crippen molar-refractivity contribution in [2.75, 3.05) is 18.4 Å². The zero-order chi connectivity index (χ0) is 18.9. The second kappa shape index (κ2) is 7.68. The van der Waals surface area contributed by atoms with Crippen LogP contribution >= 0.6 is 27.5 Å². The Morgan fingerprint density at radius 1 is 1.15 bits per heavy atom. The van der Waals surface area contributed by atoms with Gasteiger partial charge in [-0.3, -0.25) is 4.79 Å². The molecule has 2 aromatic carbocycles. The van der Waals surface area contributed by atoms with Crippen LogP contribution in [0.5, 0.6) is 0 Å². The Labute approximate surface area is 166 Å². The predicted octanol–water partition coefficient (Wildman–Crippen LogP) is 4.45. The van der Waals surface area contributed by atoms with Gasteiger partial charge in [-0.05, 0) is 71.6 Å². The molecule has 26 heavy (non-hydrogen) atoms. The van der Waals surface area contributed by atoms with Crippen molar-refractivity contribution in [1.82, 2.24) is 4.31 Å². The average Bonchev–Trinajstić information content (AvgIpc) is 3.13. The molecule has 138 valence electrons. The van der Waals surface area contributed by atoms with Crippen molar-refractivity contribution in [3.05, 3.63) is 57.0 Å². The van der Waals surface area contributed by atoms with E-state index in [1.54, 1.807) is 24.3 Å². The molecule has 0 bridgehead atoms. The predicted molar refractivity (Wildman–Crippen MR) is 106 cm³/mol. The summed E-state index contributed by atoms with van der Waals surface area (Å²) < 4.78 is 27.5. The van der Waals surface area contributed by atoms with Gasteiger partial charge in [0.25, 0.3) is 5.91 Å². The number of halogens is 2. The molecule has 1 heterocycles. The van der Waals surface area contributed by atoms with E-state index in [1.165, 1.54) is 16.4 Å². The van der Waals surface area contributed by atoms with Crippen molar-refractivity contribution in [3.8, 4) is 0 Å². The molecule has 5 nitrogen and oxygen atoms in total. The van der Waals surface area contributed by atoms with Crippen LogP contribution in [0.4, 0.5) is 5.69 Å². The van der Waals surface area contributed by atoms with E-state index in [0.717, 1.165) is 18.4 Å². The Hall–Kier alpha value is -1.41. The van der Waals surface area contributed by atoms with E-state index in [2.05, 4.69) is 21.2 Å². The van der Waals surface area contributed by atoms with Crippen molar-refractivity contribution in [2.45, 2.75) is 24.7 Å². The molecule has 1 aliphatic rings. The number of carbonyl (C=O) groups is 1. The normalized spacial score (nSPS) is 15.2. The molecule has 1 saturated heterocycles. The highest BCUT2D eigenvalue weighted by atomic mass is 79.9. The Morgan fingerprint density at radius 2 is 1.85 bits per heavy atom. The molecule has 0 spiro atoms. The first-order valence-corrected chi connectivity index (χ1v) is 10.8. The van der Waals surface area contributed by atoms with Crippen LogP contribution in [0.2, 0.25) is 5.02 Å². The van der Waals surface area contributed by atoms with Crippen LogP contribution in [0.3, 0.4) is 0 Å². The minimum absolute atomic E-state index is 0.121. The van der Waals surface area contributed by atoms with Gasteiger partial charge in [-0.15, -0.1) is 0 Å². The maximum absolute atomic E-state index is 12.7. The zero-order valence-electron chi connectivity index (χ0n) is 14.1. The van der Waals surface area contributed by atoms with Crippen LogP contribution in [-0.2, 0) is 10.0 Å². The van der Waals surface area contributed by atoms with Crippen LogP contribution in [-0.4, -0.2) is 31.7 Å². The highest BCUT2D eigenvalue weighted by Gasteiger charge is 2.28. The minimum atomic E-state index is -3.59. The third kappa shape index (κ3) is 3.96. The number of hydrogen-bond acceptors (Lipinski definition) is 3. The summed E-state index contributed by atoms with van der Waals surface area (Å²) in [5.74, 6) is -0.402. The fourth-order valence-corrected chi connectivity index (χ4v) is 4.98. The number of nitrogens with zero attached hydrogens (tertiary/aromatic N) is 1. The van der Waals surface area contributed by atoms with E-state index in [1.807, 2.05) is 6.92 Å². The zero-order valence-corrected chi connectivity index (χ0v) is 17.3. The molecule has 3 rings (SSSR count). The van der Waals surface area contributed by atoms with Gasteiger partial charge in [0.15, 0.2) is 0 Å². The van der Waals surface area contributed by atoms with Gasteiger partial charge in [0, 0.05) is 28.3 Å². The van der Waals surface area contributed by atoms with E-state index in [0.29, 0.717) is 28.3 Å². The Morgan fingerprint density at radius 3 is 2.54 bits per heavy atom. The number of sulfonamides is 1. The van der Waals surface area contributed by atoms with E-state index in [-0.39, 0.29) is 10.5 Å². The molecule has 1 amide bonds. The monoisotopic (exact) mass is 456 g/mol. The first-order chi connectivity index (χ1) is 12.3. The molecule has 1 fully saturated rings. The van der Waals surface area contributed by atoms with Crippen LogP contribution in [0, 0.1) is 6.92 Å². The SMILES string of the molecule is Cc1ccc(Cl)cc1NC(=O)c1cc(S(=O)(=O)N2CCCC2)ccc1Br. The standard InChI is InChI=1S/C18H18BrClN2O3S/c1-12-4-5-13(20)10-17(12)21-18(23)15-11-14(6-7-16(15)19)26(24,25)22-8-2-3-9-22/h4-7,10-11H,2-3,8-9H2,1H3,(H,21,23). The summed E-state index contributed by atoms with van der Waals surface area (Å²) in [6, 6.07) is 9.72. The third-order valence-corrected chi connectivity index (χ3v) is 7.15. The summed E-state index contributed by atoms with van der Waals surface area (Å²) in [7, 11) is -3.59. The quantitative estimate of drug-likeness (QED) is 0.738. The van der Waals surface area contributed by atoms with Gasteiger partial charge in [-0.2, -0.15) is 4.31 Å². The summed E-state index contributed by atoms with van der Waals surface area (Å²) >= 11 is 9.32. The molecular weight excluding hydrogens is 440 g/mol. The highest BCUT2D eigenvalue weighted by Crippen LogP contribution is 2.27. The lowest BCUT2D eigenvalue weighted by molar-refractivity contribution is 0.102. The lowest BCUT2D eigenvalue weighted by atomic mass is 10.1. The summed E-state index contributed by atoms with van der Waals surface area (Å²) in [5.41, 5.74) is 1.70. The number of anilines is 1. The summed E-state index contributed by atoms with van der Waals surface area (Å²) in [5, 5.41) is 3.30. The molecule has 1 N–H and O–H groups in total. The van der Waals surface area contributed by atoms with Crippen molar-refractivity contribution in [2.24, 2.45) is 0 Å². The molecule has 0 saturated carbocycles. The molecule has 1 aliphatic heterocycles. The molecule has 8 heteroatoms. The van der Waals surface area contributed by atoms with Gasteiger partial charge in [0.2, 0.25) is 10.0 Å². The third-order valence-electron chi connectivity index (χ3n) is 4.33. The Balaban J connectivity index is 1.92. The van der Waals surface area contributed by atoms with Crippen molar-refractivity contribution in [3.63, 3.8) is 0 Å². The van der Waals surface area contributed by atoms with Crippen molar-refractivity contribution in [1.29, 1.82) is 0 Å². The summed E-state index contributed by atoms with van der Waals surface area (Å²) in [4.78, 5) is 12.8. The number of nitrogens with one attached hydrogen (secondary N) is 1. The summed E-state index contributed by atoms with van der Waals surface area (Å²) in [6.45, 7) is 2.89. The lowest BCUT2D eigenvalue weighted by Gasteiger charge is -2.17. The number of aryl methyl sites for hydroxylation is 1. The molecule has 2 aromatic rings. The molecule has 0 radical (unpaired) electrons. The van der Waals surface area contributed by atoms with Crippen LogP contribution < -0.4 is 5.32 Å². The number of benzene rings is 2. The Kier molecular flexibility index (Phi) is 5.72. The number of amides is 1. The molecule has 0 unspecified atom stereocenters. The first-order valence-electron chi connectivity index (χ1n) is 8.16. The largest absolute Gasteiger partial charge is 0.322 e. The number of hydrogen-bond donors (Lipinski definition) is 1. The fourth-order valence-electron chi connectivity index (χ4n) is 2.83. The molecular formula is C18H18BrClN2O3S. The Bertz CT molecular complexity index is 957. The van der Waals surface area contributed by atoms with Gasteiger partial charge in [0.1, 0.15) is 0 Å². The lowest BCUT2D eigenvalue weighted by Crippen LogP contribution is -2.28. The molecule has 0 aliphatic carbocycles. The maximum Gasteiger partial charge on any atom is 0.256 e.